The summed E-state index contributed by atoms with van der Waals surface area (Å²) < 4.78 is 9.06. The first kappa shape index (κ1) is 17.9. The summed E-state index contributed by atoms with van der Waals surface area (Å²) in [7, 11) is 3.58. The molecule has 0 unspecified atom stereocenters. The van der Waals surface area contributed by atoms with E-state index < -0.39 is 0 Å². The van der Waals surface area contributed by atoms with Gasteiger partial charge in [-0.15, -0.1) is 11.3 Å². The van der Waals surface area contributed by atoms with Crippen LogP contribution in [0.15, 0.2) is 66.4 Å². The third-order valence-electron chi connectivity index (χ3n) is 3.75. The minimum Gasteiger partial charge on any atom is -0.497 e. The van der Waals surface area contributed by atoms with E-state index in [1.807, 2.05) is 75.0 Å². The van der Waals surface area contributed by atoms with Crippen molar-refractivity contribution in [2.24, 2.45) is 7.05 Å². The van der Waals surface area contributed by atoms with E-state index in [9.17, 15) is 0 Å². The molecule has 26 heavy (non-hydrogen) atoms. The highest BCUT2D eigenvalue weighted by molar-refractivity contribution is 7.13. The summed E-state index contributed by atoms with van der Waals surface area (Å²) >= 11 is 1.67. The number of hydrogen-bond donors (Lipinski definition) is 0. The van der Waals surface area contributed by atoms with E-state index in [1.165, 1.54) is 0 Å². The van der Waals surface area contributed by atoms with Crippen molar-refractivity contribution in [3.05, 3.63) is 77.8 Å². The quantitative estimate of drug-likeness (QED) is 0.538. The molecule has 1 aromatic carbocycles. The second kappa shape index (κ2) is 8.49. The summed E-state index contributed by atoms with van der Waals surface area (Å²) in [5, 5.41) is 7.18. The first-order valence-electron chi connectivity index (χ1n) is 8.30. The number of thiazole rings is 1. The molecule has 0 aliphatic carbocycles. The van der Waals surface area contributed by atoms with Crippen molar-refractivity contribution < 1.29 is 4.74 Å². The van der Waals surface area contributed by atoms with Crippen LogP contribution < -0.4 is 4.74 Å². The Bertz CT molecular complexity index is 907. The summed E-state index contributed by atoms with van der Waals surface area (Å²) in [4.78, 5) is 4.67. The Balaban J connectivity index is 0.000000236. The summed E-state index contributed by atoms with van der Waals surface area (Å²) in [6.45, 7) is 2.79. The number of aryl methyl sites for hydroxylation is 2. The van der Waals surface area contributed by atoms with Crippen molar-refractivity contribution in [3.8, 4) is 16.3 Å². The number of ether oxygens (including phenoxy) is 1. The molecule has 0 amide bonds. The first-order chi connectivity index (χ1) is 12.6. The normalized spacial score (nSPS) is 10.3. The van der Waals surface area contributed by atoms with Crippen LogP contribution in [0.2, 0.25) is 0 Å². The summed E-state index contributed by atoms with van der Waals surface area (Å²) in [6, 6.07) is 14.0. The fourth-order valence-electron chi connectivity index (χ4n) is 2.44. The molecule has 6 heteroatoms. The van der Waals surface area contributed by atoms with Gasteiger partial charge in [0.1, 0.15) is 10.8 Å². The fraction of sp³-hybridized carbons (Fsp3) is 0.200. The van der Waals surface area contributed by atoms with Gasteiger partial charge in [0.25, 0.3) is 0 Å². The van der Waals surface area contributed by atoms with Gasteiger partial charge in [0, 0.05) is 36.6 Å². The number of nitrogens with zero attached hydrogens (tertiary/aromatic N) is 4. The Kier molecular flexibility index (Phi) is 5.86. The Morgan fingerprint density at radius 1 is 1.04 bits per heavy atom. The molecule has 0 aliphatic rings. The molecule has 0 N–H and O–H groups in total. The topological polar surface area (TPSA) is 44.9 Å². The molecule has 134 valence electrons. The fourth-order valence-corrected chi connectivity index (χ4v) is 3.26. The lowest BCUT2D eigenvalue weighted by Gasteiger charge is -2.00. The molecule has 0 saturated carbocycles. The van der Waals surface area contributed by atoms with Crippen molar-refractivity contribution >= 4 is 11.3 Å². The maximum Gasteiger partial charge on any atom is 0.123 e. The van der Waals surface area contributed by atoms with Gasteiger partial charge in [-0.25, -0.2) is 4.98 Å². The number of rotatable bonds is 4. The summed E-state index contributed by atoms with van der Waals surface area (Å²) in [5.74, 6) is 0.868. The van der Waals surface area contributed by atoms with Crippen LogP contribution in [-0.4, -0.2) is 26.4 Å². The van der Waals surface area contributed by atoms with E-state index in [1.54, 1.807) is 23.1 Å². The highest BCUT2D eigenvalue weighted by Crippen LogP contribution is 2.25. The van der Waals surface area contributed by atoms with E-state index in [2.05, 4.69) is 20.0 Å². The van der Waals surface area contributed by atoms with Crippen LogP contribution in [0.1, 0.15) is 11.4 Å². The predicted octanol–water partition coefficient (Wildman–Crippen LogP) is 4.40. The van der Waals surface area contributed by atoms with Gasteiger partial charge < -0.3 is 9.30 Å². The van der Waals surface area contributed by atoms with Gasteiger partial charge in [0.15, 0.2) is 0 Å². The molecule has 4 rings (SSSR count). The van der Waals surface area contributed by atoms with Crippen LogP contribution in [0.4, 0.5) is 0 Å². The molecule has 4 aromatic rings. The van der Waals surface area contributed by atoms with Crippen molar-refractivity contribution in [2.75, 3.05) is 7.11 Å². The SMILES string of the molecule is COc1ccc(-c2nc(Cn3cccc3)cs2)cc1.Cc1ccn(C)n1. The largest absolute Gasteiger partial charge is 0.497 e. The van der Waals surface area contributed by atoms with Crippen molar-refractivity contribution in [2.45, 2.75) is 13.5 Å². The number of hydrogen-bond acceptors (Lipinski definition) is 4. The highest BCUT2D eigenvalue weighted by Gasteiger charge is 2.05. The first-order valence-corrected chi connectivity index (χ1v) is 9.18. The lowest BCUT2D eigenvalue weighted by atomic mass is 10.2. The second-order valence-electron chi connectivity index (χ2n) is 5.86. The summed E-state index contributed by atoms with van der Waals surface area (Å²) in [6.07, 6.45) is 6.02. The predicted molar refractivity (Wildman–Crippen MR) is 106 cm³/mol. The van der Waals surface area contributed by atoms with E-state index in [-0.39, 0.29) is 0 Å². The van der Waals surface area contributed by atoms with Gasteiger partial charge in [-0.2, -0.15) is 5.10 Å². The summed E-state index contributed by atoms with van der Waals surface area (Å²) in [5.41, 5.74) is 3.29. The molecule has 3 heterocycles. The average Bonchev–Trinajstić information content (AvgIpc) is 3.40. The molecule has 0 atom stereocenters. The monoisotopic (exact) mass is 366 g/mol. The average molecular weight is 366 g/mol. The highest BCUT2D eigenvalue weighted by atomic mass is 32.1. The van der Waals surface area contributed by atoms with Gasteiger partial charge in [0.05, 0.1) is 25.0 Å². The van der Waals surface area contributed by atoms with E-state index >= 15 is 0 Å². The molecule has 5 nitrogen and oxygen atoms in total. The van der Waals surface area contributed by atoms with Gasteiger partial charge in [-0.1, -0.05) is 0 Å². The molecule has 0 saturated heterocycles. The molecule has 0 radical (unpaired) electrons. The Hall–Kier alpha value is -2.86. The van der Waals surface area contributed by atoms with Crippen LogP contribution in [0.3, 0.4) is 0 Å². The maximum atomic E-state index is 5.16. The molecule has 0 spiro atoms. The van der Waals surface area contributed by atoms with E-state index in [0.29, 0.717) is 0 Å². The lowest BCUT2D eigenvalue weighted by molar-refractivity contribution is 0.415. The van der Waals surface area contributed by atoms with Gasteiger partial charge in [0.2, 0.25) is 0 Å². The van der Waals surface area contributed by atoms with Crippen LogP contribution >= 0.6 is 11.3 Å². The number of aromatic nitrogens is 4. The molecule has 0 aliphatic heterocycles. The van der Waals surface area contributed by atoms with Crippen molar-refractivity contribution in [1.29, 1.82) is 0 Å². The van der Waals surface area contributed by atoms with Crippen LogP contribution in [0.5, 0.6) is 5.75 Å². The van der Waals surface area contributed by atoms with Crippen LogP contribution in [0.25, 0.3) is 10.6 Å². The number of methoxy groups -OCH3 is 1. The van der Waals surface area contributed by atoms with E-state index in [0.717, 1.165) is 34.3 Å². The third-order valence-corrected chi connectivity index (χ3v) is 4.69. The molecular weight excluding hydrogens is 344 g/mol. The smallest absolute Gasteiger partial charge is 0.123 e. The zero-order valence-electron chi connectivity index (χ0n) is 15.2. The van der Waals surface area contributed by atoms with Crippen molar-refractivity contribution in [3.63, 3.8) is 0 Å². The molecular formula is C20H22N4OS. The zero-order valence-corrected chi connectivity index (χ0v) is 16.0. The minimum atomic E-state index is 0.819. The van der Waals surface area contributed by atoms with Crippen LogP contribution in [0, 0.1) is 6.92 Å². The minimum absolute atomic E-state index is 0.819. The zero-order chi connectivity index (χ0) is 18.4. The second-order valence-corrected chi connectivity index (χ2v) is 6.72. The lowest BCUT2D eigenvalue weighted by Crippen LogP contribution is -1.95. The molecule has 0 fully saturated rings. The van der Waals surface area contributed by atoms with Gasteiger partial charge in [-0.3, -0.25) is 4.68 Å². The Morgan fingerprint density at radius 3 is 2.31 bits per heavy atom. The standard InChI is InChI=1S/C15H14N2OS.C5H8N2/c1-18-14-6-4-12(5-7-14)15-16-13(11-19-15)10-17-8-2-3-9-17;1-5-3-4-7(2)6-5/h2-9,11H,10H2,1H3;3-4H,1-2H3. The molecule has 0 bridgehead atoms. The number of benzene rings is 1. The van der Waals surface area contributed by atoms with Gasteiger partial charge in [-0.05, 0) is 49.4 Å². The Labute approximate surface area is 157 Å². The van der Waals surface area contributed by atoms with Gasteiger partial charge >= 0.3 is 0 Å². The maximum absolute atomic E-state index is 5.16. The third kappa shape index (κ3) is 4.83. The van der Waals surface area contributed by atoms with Crippen molar-refractivity contribution in [1.82, 2.24) is 19.3 Å². The van der Waals surface area contributed by atoms with E-state index in [4.69, 9.17) is 4.74 Å². The molecule has 3 aromatic heterocycles. The van der Waals surface area contributed by atoms with Crippen LogP contribution in [-0.2, 0) is 13.6 Å². The Morgan fingerprint density at radius 2 is 1.77 bits per heavy atom.